The Bertz CT molecular complexity index is 795. The molecule has 3 aromatic rings. The van der Waals surface area contributed by atoms with E-state index in [-0.39, 0.29) is 6.61 Å². The van der Waals surface area contributed by atoms with Crippen molar-refractivity contribution in [3.63, 3.8) is 0 Å². The van der Waals surface area contributed by atoms with E-state index in [4.69, 9.17) is 21.4 Å². The minimum absolute atomic E-state index is 0.0150. The molecule has 1 aromatic carbocycles. The Morgan fingerprint density at radius 1 is 1.25 bits per heavy atom. The van der Waals surface area contributed by atoms with Crippen LogP contribution in [0.5, 0.6) is 0 Å². The predicted molar refractivity (Wildman–Crippen MR) is 92.3 cm³/mol. The molecule has 8 heteroatoms. The van der Waals surface area contributed by atoms with Crippen molar-refractivity contribution < 1.29 is 9.84 Å². The van der Waals surface area contributed by atoms with E-state index >= 15 is 0 Å². The zero-order valence-corrected chi connectivity index (χ0v) is 13.8. The van der Waals surface area contributed by atoms with E-state index in [0.717, 1.165) is 10.9 Å². The number of rotatable bonds is 8. The summed E-state index contributed by atoms with van der Waals surface area (Å²) in [5.41, 5.74) is 0.822. The maximum absolute atomic E-state index is 8.73. The first-order valence-electron chi connectivity index (χ1n) is 7.60. The standard InChI is InChI=1S/C16H18ClN5O2/c17-12-1-2-14-13(9-12)16(19-4-7-24-8-6-23)21-15(20-14)10-22-5-3-18-11-22/h1-3,5,9,11,23H,4,6-8,10H2,(H,19,20,21). The number of aromatic nitrogens is 4. The average Bonchev–Trinajstić information content (AvgIpc) is 3.08. The number of aliphatic hydroxyl groups excluding tert-OH is 1. The highest BCUT2D eigenvalue weighted by molar-refractivity contribution is 6.31. The molecule has 0 unspecified atom stereocenters. The van der Waals surface area contributed by atoms with Crippen molar-refractivity contribution in [1.82, 2.24) is 19.5 Å². The van der Waals surface area contributed by atoms with Crippen LogP contribution in [0.1, 0.15) is 5.82 Å². The van der Waals surface area contributed by atoms with Crippen LogP contribution in [0.2, 0.25) is 5.02 Å². The summed E-state index contributed by atoms with van der Waals surface area (Å²) in [4.78, 5) is 13.2. The van der Waals surface area contributed by atoms with Crippen molar-refractivity contribution in [3.8, 4) is 0 Å². The largest absolute Gasteiger partial charge is 0.394 e. The number of ether oxygens (including phenoxy) is 1. The summed E-state index contributed by atoms with van der Waals surface area (Å²) in [7, 11) is 0. The number of benzene rings is 1. The van der Waals surface area contributed by atoms with Crippen LogP contribution in [0.25, 0.3) is 10.9 Å². The number of aliphatic hydroxyl groups is 1. The Morgan fingerprint density at radius 2 is 2.17 bits per heavy atom. The molecule has 0 atom stereocenters. The molecule has 2 N–H and O–H groups in total. The van der Waals surface area contributed by atoms with E-state index in [9.17, 15) is 0 Å². The van der Waals surface area contributed by atoms with Gasteiger partial charge < -0.3 is 19.7 Å². The van der Waals surface area contributed by atoms with Gasteiger partial charge in [-0.15, -0.1) is 0 Å². The van der Waals surface area contributed by atoms with Crippen LogP contribution < -0.4 is 5.32 Å². The molecular weight excluding hydrogens is 330 g/mol. The summed E-state index contributed by atoms with van der Waals surface area (Å²) in [6.45, 7) is 1.92. The lowest BCUT2D eigenvalue weighted by Crippen LogP contribution is -2.14. The molecule has 0 aliphatic carbocycles. The summed E-state index contributed by atoms with van der Waals surface area (Å²) >= 11 is 6.10. The molecule has 2 aromatic heterocycles. The Labute approximate surface area is 144 Å². The zero-order valence-electron chi connectivity index (χ0n) is 13.0. The van der Waals surface area contributed by atoms with Gasteiger partial charge >= 0.3 is 0 Å². The van der Waals surface area contributed by atoms with Gasteiger partial charge in [-0.3, -0.25) is 0 Å². The Kier molecular flexibility index (Phi) is 5.58. The van der Waals surface area contributed by atoms with Crippen LogP contribution in [0.3, 0.4) is 0 Å². The molecule has 0 fully saturated rings. The molecule has 24 heavy (non-hydrogen) atoms. The highest BCUT2D eigenvalue weighted by Gasteiger charge is 2.09. The molecule has 0 radical (unpaired) electrons. The molecular formula is C16H18ClN5O2. The first-order chi connectivity index (χ1) is 11.8. The molecule has 0 amide bonds. The van der Waals surface area contributed by atoms with E-state index in [1.54, 1.807) is 12.5 Å². The van der Waals surface area contributed by atoms with Gasteiger partial charge in [-0.2, -0.15) is 0 Å². The van der Waals surface area contributed by atoms with Crippen molar-refractivity contribution in [3.05, 3.63) is 47.8 Å². The number of nitrogens with one attached hydrogen (secondary N) is 1. The number of fused-ring (bicyclic) bond motifs is 1. The van der Waals surface area contributed by atoms with E-state index < -0.39 is 0 Å². The van der Waals surface area contributed by atoms with E-state index in [2.05, 4.69) is 20.3 Å². The quantitative estimate of drug-likeness (QED) is 0.606. The maximum Gasteiger partial charge on any atom is 0.151 e. The van der Waals surface area contributed by atoms with Crippen molar-refractivity contribution in [1.29, 1.82) is 0 Å². The van der Waals surface area contributed by atoms with Crippen molar-refractivity contribution in [2.24, 2.45) is 0 Å². The molecule has 0 aliphatic rings. The first-order valence-corrected chi connectivity index (χ1v) is 7.98. The Morgan fingerprint density at radius 3 is 2.96 bits per heavy atom. The number of hydrogen-bond acceptors (Lipinski definition) is 6. The molecule has 126 valence electrons. The van der Waals surface area contributed by atoms with Gasteiger partial charge in [0.1, 0.15) is 5.82 Å². The molecule has 0 bridgehead atoms. The number of nitrogens with zero attached hydrogens (tertiary/aromatic N) is 4. The molecule has 0 aliphatic heterocycles. The fourth-order valence-electron chi connectivity index (χ4n) is 2.31. The van der Waals surface area contributed by atoms with Crippen LogP contribution in [0.4, 0.5) is 5.82 Å². The van der Waals surface area contributed by atoms with E-state index in [0.29, 0.717) is 43.0 Å². The van der Waals surface area contributed by atoms with Crippen molar-refractivity contribution in [2.45, 2.75) is 6.54 Å². The van der Waals surface area contributed by atoms with Gasteiger partial charge in [-0.1, -0.05) is 11.6 Å². The second kappa shape index (κ2) is 8.05. The smallest absolute Gasteiger partial charge is 0.151 e. The third-order valence-corrected chi connectivity index (χ3v) is 3.60. The summed E-state index contributed by atoms with van der Waals surface area (Å²) in [6, 6.07) is 5.53. The van der Waals surface area contributed by atoms with Crippen LogP contribution in [-0.4, -0.2) is 51.0 Å². The van der Waals surface area contributed by atoms with Gasteiger partial charge in [-0.25, -0.2) is 15.0 Å². The van der Waals surface area contributed by atoms with Gasteiger partial charge in [0.2, 0.25) is 0 Å². The summed E-state index contributed by atoms with van der Waals surface area (Å²) in [5.74, 6) is 1.40. The Hall–Kier alpha value is -2.22. The fraction of sp³-hybridized carbons (Fsp3) is 0.312. The third kappa shape index (κ3) is 4.19. The molecule has 7 nitrogen and oxygen atoms in total. The monoisotopic (exact) mass is 347 g/mol. The number of halogens is 1. The summed E-state index contributed by atoms with van der Waals surface area (Å²) in [5, 5.41) is 13.5. The molecule has 3 rings (SSSR count). The predicted octanol–water partition coefficient (Wildman–Crippen LogP) is 1.95. The van der Waals surface area contributed by atoms with Gasteiger partial charge in [0.05, 0.1) is 38.2 Å². The lowest BCUT2D eigenvalue weighted by Gasteiger charge is -2.11. The van der Waals surface area contributed by atoms with Gasteiger partial charge in [0.15, 0.2) is 5.82 Å². The van der Waals surface area contributed by atoms with Gasteiger partial charge in [0.25, 0.3) is 0 Å². The second-order valence-electron chi connectivity index (χ2n) is 5.15. The Balaban J connectivity index is 1.84. The second-order valence-corrected chi connectivity index (χ2v) is 5.58. The van der Waals surface area contributed by atoms with Gasteiger partial charge in [0, 0.05) is 29.3 Å². The molecule has 2 heterocycles. The van der Waals surface area contributed by atoms with Crippen molar-refractivity contribution >= 4 is 28.3 Å². The SMILES string of the molecule is OCCOCCNc1nc(Cn2ccnc2)nc2ccc(Cl)cc12. The van der Waals surface area contributed by atoms with Crippen LogP contribution in [0, 0.1) is 0 Å². The molecule has 0 saturated carbocycles. The zero-order chi connectivity index (χ0) is 16.8. The minimum atomic E-state index is 0.0150. The van der Waals surface area contributed by atoms with E-state index in [1.807, 2.05) is 29.0 Å². The lowest BCUT2D eigenvalue weighted by molar-refractivity contribution is 0.0992. The highest BCUT2D eigenvalue weighted by atomic mass is 35.5. The van der Waals surface area contributed by atoms with Crippen LogP contribution in [0.15, 0.2) is 36.9 Å². The topological polar surface area (TPSA) is 85.1 Å². The maximum atomic E-state index is 8.73. The normalized spacial score (nSPS) is 11.1. The van der Waals surface area contributed by atoms with Gasteiger partial charge in [-0.05, 0) is 18.2 Å². The third-order valence-electron chi connectivity index (χ3n) is 3.36. The lowest BCUT2D eigenvalue weighted by atomic mass is 10.2. The minimum Gasteiger partial charge on any atom is -0.394 e. The van der Waals surface area contributed by atoms with Crippen LogP contribution >= 0.6 is 11.6 Å². The highest BCUT2D eigenvalue weighted by Crippen LogP contribution is 2.24. The van der Waals surface area contributed by atoms with Crippen LogP contribution in [-0.2, 0) is 11.3 Å². The number of hydrogen-bond donors (Lipinski definition) is 2. The summed E-state index contributed by atoms with van der Waals surface area (Å²) in [6.07, 6.45) is 5.31. The molecule has 0 saturated heterocycles. The first kappa shape index (κ1) is 16.6. The average molecular weight is 348 g/mol. The number of anilines is 1. The fourth-order valence-corrected chi connectivity index (χ4v) is 2.48. The van der Waals surface area contributed by atoms with E-state index in [1.165, 1.54) is 0 Å². The summed E-state index contributed by atoms with van der Waals surface area (Å²) < 4.78 is 7.17. The number of imidazole rings is 1. The molecule has 0 spiro atoms. The van der Waals surface area contributed by atoms with Crippen molar-refractivity contribution in [2.75, 3.05) is 31.7 Å².